The molecule has 4 nitrogen and oxygen atoms in total. The molecule has 1 atom stereocenters. The van der Waals surface area contributed by atoms with Gasteiger partial charge in [0.15, 0.2) is 0 Å². The van der Waals surface area contributed by atoms with Crippen LogP contribution < -0.4 is 10.1 Å². The van der Waals surface area contributed by atoms with Crippen molar-refractivity contribution in [1.82, 2.24) is 5.32 Å². The molecular weight excluding hydrogens is 230 g/mol. The molecule has 18 heavy (non-hydrogen) atoms. The van der Waals surface area contributed by atoms with E-state index in [1.54, 1.807) is 18.2 Å². The fourth-order valence-electron chi connectivity index (χ4n) is 2.19. The first kappa shape index (κ1) is 12.9. The number of nitrogens with one attached hydrogen (secondary N) is 1. The third-order valence-corrected chi connectivity index (χ3v) is 3.18. The molecule has 2 rings (SSSR count). The van der Waals surface area contributed by atoms with Crippen LogP contribution in [0.15, 0.2) is 24.3 Å². The van der Waals surface area contributed by atoms with Crippen molar-refractivity contribution in [1.29, 1.82) is 0 Å². The maximum absolute atomic E-state index is 11.5. The minimum absolute atomic E-state index is 0.357. The Labute approximate surface area is 107 Å². The summed E-state index contributed by atoms with van der Waals surface area (Å²) in [6.45, 7) is 1.72. The Morgan fingerprint density at radius 2 is 2.28 bits per heavy atom. The molecule has 1 aromatic rings. The second-order valence-electron chi connectivity index (χ2n) is 4.42. The average molecular weight is 249 g/mol. The number of hydrogen-bond donors (Lipinski definition) is 1. The fourth-order valence-corrected chi connectivity index (χ4v) is 2.19. The highest BCUT2D eigenvalue weighted by Gasteiger charge is 2.15. The Balaban J connectivity index is 1.89. The van der Waals surface area contributed by atoms with Gasteiger partial charge >= 0.3 is 5.97 Å². The summed E-state index contributed by atoms with van der Waals surface area (Å²) >= 11 is 0. The summed E-state index contributed by atoms with van der Waals surface area (Å²) < 4.78 is 10.4. The number of rotatable bonds is 5. The molecule has 0 radical (unpaired) electrons. The van der Waals surface area contributed by atoms with E-state index in [-0.39, 0.29) is 5.97 Å². The zero-order valence-electron chi connectivity index (χ0n) is 10.6. The van der Waals surface area contributed by atoms with E-state index in [1.807, 2.05) is 6.07 Å². The number of carbonyl (C=O) groups is 1. The summed E-state index contributed by atoms with van der Waals surface area (Å²) in [6, 6.07) is 7.73. The molecule has 0 saturated carbocycles. The van der Waals surface area contributed by atoms with E-state index < -0.39 is 0 Å². The predicted octanol–water partition coefficient (Wildman–Crippen LogP) is 1.99. The van der Waals surface area contributed by atoms with Crippen molar-refractivity contribution in [2.75, 3.05) is 20.3 Å². The molecule has 1 N–H and O–H groups in total. The van der Waals surface area contributed by atoms with Gasteiger partial charge in [-0.3, -0.25) is 0 Å². The molecule has 98 valence electrons. The molecule has 1 fully saturated rings. The van der Waals surface area contributed by atoms with E-state index in [0.717, 1.165) is 13.0 Å². The van der Waals surface area contributed by atoms with E-state index in [1.165, 1.54) is 20.0 Å². The van der Waals surface area contributed by atoms with Gasteiger partial charge in [-0.2, -0.15) is 0 Å². The molecule has 0 aromatic heterocycles. The molecule has 4 heteroatoms. The van der Waals surface area contributed by atoms with Crippen molar-refractivity contribution < 1.29 is 14.3 Å². The molecule has 1 saturated heterocycles. The first-order valence-electron chi connectivity index (χ1n) is 6.35. The number of methoxy groups -OCH3 is 1. The number of benzene rings is 1. The second kappa shape index (κ2) is 6.40. The lowest BCUT2D eigenvalue weighted by Crippen LogP contribution is -2.23. The maximum Gasteiger partial charge on any atom is 0.341 e. The van der Waals surface area contributed by atoms with Gasteiger partial charge in [-0.15, -0.1) is 0 Å². The topological polar surface area (TPSA) is 47.6 Å². The van der Waals surface area contributed by atoms with E-state index in [0.29, 0.717) is 24.0 Å². The molecule has 0 amide bonds. The standard InChI is InChI=1S/C14H19NO3/c1-17-14(16)12-6-2-3-7-13(12)18-10-8-11-5-4-9-15-11/h2-3,6-7,11,15H,4-5,8-10H2,1H3. The highest BCUT2D eigenvalue weighted by atomic mass is 16.5. The Hall–Kier alpha value is -1.55. The van der Waals surface area contributed by atoms with Gasteiger partial charge < -0.3 is 14.8 Å². The van der Waals surface area contributed by atoms with Crippen molar-refractivity contribution >= 4 is 5.97 Å². The highest BCUT2D eigenvalue weighted by molar-refractivity contribution is 5.92. The SMILES string of the molecule is COC(=O)c1ccccc1OCCC1CCCN1. The van der Waals surface area contributed by atoms with Crippen LogP contribution in [0.4, 0.5) is 0 Å². The van der Waals surface area contributed by atoms with Gasteiger partial charge in [0, 0.05) is 6.04 Å². The molecular formula is C14H19NO3. The van der Waals surface area contributed by atoms with Crippen molar-refractivity contribution in [3.05, 3.63) is 29.8 Å². The van der Waals surface area contributed by atoms with Crippen LogP contribution in [0.2, 0.25) is 0 Å². The summed E-state index contributed by atoms with van der Waals surface area (Å²) in [7, 11) is 1.38. The second-order valence-corrected chi connectivity index (χ2v) is 4.42. The van der Waals surface area contributed by atoms with Crippen LogP contribution >= 0.6 is 0 Å². The zero-order chi connectivity index (χ0) is 12.8. The Morgan fingerprint density at radius 1 is 1.44 bits per heavy atom. The van der Waals surface area contributed by atoms with Gasteiger partial charge in [-0.05, 0) is 37.9 Å². The van der Waals surface area contributed by atoms with Crippen LogP contribution in [0.25, 0.3) is 0 Å². The fraction of sp³-hybridized carbons (Fsp3) is 0.500. The van der Waals surface area contributed by atoms with Crippen LogP contribution in [0.3, 0.4) is 0 Å². The summed E-state index contributed by atoms with van der Waals surface area (Å²) in [5, 5.41) is 3.42. The van der Waals surface area contributed by atoms with Gasteiger partial charge in [0.05, 0.1) is 13.7 Å². The molecule has 1 aromatic carbocycles. The van der Waals surface area contributed by atoms with Crippen LogP contribution in [-0.4, -0.2) is 32.3 Å². The molecule has 1 aliphatic rings. The zero-order valence-corrected chi connectivity index (χ0v) is 10.6. The lowest BCUT2D eigenvalue weighted by Gasteiger charge is -2.13. The first-order chi connectivity index (χ1) is 8.81. The third kappa shape index (κ3) is 3.23. The quantitative estimate of drug-likeness (QED) is 0.811. The van der Waals surface area contributed by atoms with E-state index in [2.05, 4.69) is 5.32 Å². The Bertz CT molecular complexity index is 400. The molecule has 0 aliphatic carbocycles. The van der Waals surface area contributed by atoms with E-state index in [4.69, 9.17) is 9.47 Å². The van der Waals surface area contributed by atoms with Gasteiger partial charge in [0.1, 0.15) is 11.3 Å². The number of esters is 1. The van der Waals surface area contributed by atoms with Crippen molar-refractivity contribution in [2.24, 2.45) is 0 Å². The smallest absolute Gasteiger partial charge is 0.341 e. The number of ether oxygens (including phenoxy) is 2. The number of para-hydroxylation sites is 1. The maximum atomic E-state index is 11.5. The summed E-state index contributed by atoms with van der Waals surface area (Å²) in [4.78, 5) is 11.5. The van der Waals surface area contributed by atoms with Crippen molar-refractivity contribution in [3.63, 3.8) is 0 Å². The van der Waals surface area contributed by atoms with Crippen LogP contribution in [0.5, 0.6) is 5.75 Å². The largest absolute Gasteiger partial charge is 0.493 e. The van der Waals surface area contributed by atoms with Gasteiger partial charge in [0.25, 0.3) is 0 Å². The minimum atomic E-state index is -0.357. The molecule has 1 aliphatic heterocycles. The van der Waals surface area contributed by atoms with Crippen molar-refractivity contribution in [3.8, 4) is 5.75 Å². The lowest BCUT2D eigenvalue weighted by molar-refractivity contribution is 0.0596. The van der Waals surface area contributed by atoms with E-state index in [9.17, 15) is 4.79 Å². The molecule has 0 spiro atoms. The van der Waals surface area contributed by atoms with Gasteiger partial charge in [-0.25, -0.2) is 4.79 Å². The van der Waals surface area contributed by atoms with Gasteiger partial charge in [-0.1, -0.05) is 12.1 Å². The number of carbonyl (C=O) groups excluding carboxylic acids is 1. The van der Waals surface area contributed by atoms with Crippen LogP contribution in [-0.2, 0) is 4.74 Å². The summed E-state index contributed by atoms with van der Waals surface area (Å²) in [6.07, 6.45) is 3.42. The average Bonchev–Trinajstić information content (AvgIpc) is 2.92. The predicted molar refractivity (Wildman–Crippen MR) is 68.9 cm³/mol. The Morgan fingerprint density at radius 3 is 3.00 bits per heavy atom. The lowest BCUT2D eigenvalue weighted by atomic mass is 10.1. The normalized spacial score (nSPS) is 18.6. The molecule has 0 bridgehead atoms. The first-order valence-corrected chi connectivity index (χ1v) is 6.35. The monoisotopic (exact) mass is 249 g/mol. The summed E-state index contributed by atoms with van der Waals surface area (Å²) in [5.41, 5.74) is 0.486. The van der Waals surface area contributed by atoms with Crippen LogP contribution in [0, 0.1) is 0 Å². The van der Waals surface area contributed by atoms with Crippen LogP contribution in [0.1, 0.15) is 29.6 Å². The summed E-state index contributed by atoms with van der Waals surface area (Å²) in [5.74, 6) is 0.243. The van der Waals surface area contributed by atoms with E-state index >= 15 is 0 Å². The van der Waals surface area contributed by atoms with Gasteiger partial charge in [0.2, 0.25) is 0 Å². The molecule has 1 unspecified atom stereocenters. The van der Waals surface area contributed by atoms with Crippen molar-refractivity contribution in [2.45, 2.75) is 25.3 Å². The Kier molecular flexibility index (Phi) is 4.59. The highest BCUT2D eigenvalue weighted by Crippen LogP contribution is 2.19. The third-order valence-electron chi connectivity index (χ3n) is 3.18. The molecule has 1 heterocycles. The minimum Gasteiger partial charge on any atom is -0.493 e. The number of hydrogen-bond acceptors (Lipinski definition) is 4.